The lowest BCUT2D eigenvalue weighted by Gasteiger charge is -2.31. The first kappa shape index (κ1) is 11.9. The Labute approximate surface area is 91.3 Å². The van der Waals surface area contributed by atoms with Gasteiger partial charge in [0.1, 0.15) is 5.82 Å². The lowest BCUT2D eigenvalue weighted by molar-refractivity contribution is 0.405. The van der Waals surface area contributed by atoms with Gasteiger partial charge < -0.3 is 11.1 Å². The fourth-order valence-corrected chi connectivity index (χ4v) is 1.76. The number of hydrogen-bond donors (Lipinski definition) is 2. The van der Waals surface area contributed by atoms with Crippen LogP contribution in [0.15, 0.2) is 18.3 Å². The second-order valence-electron chi connectivity index (χ2n) is 4.60. The zero-order valence-corrected chi connectivity index (χ0v) is 9.70. The minimum Gasteiger partial charge on any atom is -0.362 e. The van der Waals surface area contributed by atoms with Gasteiger partial charge in [0.15, 0.2) is 0 Å². The predicted octanol–water partition coefficient (Wildman–Crippen LogP) is 1.65. The van der Waals surface area contributed by atoms with E-state index in [0.29, 0.717) is 12.5 Å². The van der Waals surface area contributed by atoms with Crippen LogP contribution in [0.3, 0.4) is 0 Å². The summed E-state index contributed by atoms with van der Waals surface area (Å²) in [5.74, 6) is 1.38. The molecule has 1 aromatic heterocycles. The summed E-state index contributed by atoms with van der Waals surface area (Å²) in [4.78, 5) is 0. The van der Waals surface area contributed by atoms with Crippen molar-refractivity contribution in [2.75, 3.05) is 11.9 Å². The highest BCUT2D eigenvalue weighted by molar-refractivity contribution is 5.35. The summed E-state index contributed by atoms with van der Waals surface area (Å²) in [6.07, 6.45) is 2.67. The Morgan fingerprint density at radius 2 is 2.27 bits per heavy atom. The van der Waals surface area contributed by atoms with Gasteiger partial charge in [-0.25, -0.2) is 0 Å². The fourth-order valence-electron chi connectivity index (χ4n) is 1.76. The summed E-state index contributed by atoms with van der Waals surface area (Å²) in [5, 5.41) is 11.2. The molecular formula is C11H20N4. The van der Waals surface area contributed by atoms with E-state index in [4.69, 9.17) is 5.73 Å². The van der Waals surface area contributed by atoms with Crippen LogP contribution in [0, 0.1) is 5.92 Å². The van der Waals surface area contributed by atoms with Crippen LogP contribution in [0.5, 0.6) is 0 Å². The third kappa shape index (κ3) is 3.83. The van der Waals surface area contributed by atoms with Crippen LogP contribution in [-0.4, -0.2) is 22.3 Å². The predicted molar refractivity (Wildman–Crippen MR) is 62.6 cm³/mol. The van der Waals surface area contributed by atoms with Crippen LogP contribution in [0.2, 0.25) is 0 Å². The maximum atomic E-state index is 5.79. The number of nitrogens with two attached hydrogens (primary N) is 1. The number of hydrogen-bond acceptors (Lipinski definition) is 4. The SMILES string of the molecule is CC(C)CC(C)(CN)Nc1cccnn1. The first-order valence-corrected chi connectivity index (χ1v) is 5.32. The first-order valence-electron chi connectivity index (χ1n) is 5.32. The van der Waals surface area contributed by atoms with Crippen LogP contribution in [-0.2, 0) is 0 Å². The third-order valence-electron chi connectivity index (χ3n) is 2.31. The van der Waals surface area contributed by atoms with Crippen molar-refractivity contribution in [3.63, 3.8) is 0 Å². The van der Waals surface area contributed by atoms with Gasteiger partial charge in [-0.1, -0.05) is 13.8 Å². The molecule has 0 bridgehead atoms. The highest BCUT2D eigenvalue weighted by Gasteiger charge is 2.23. The largest absolute Gasteiger partial charge is 0.362 e. The van der Waals surface area contributed by atoms with Crippen molar-refractivity contribution >= 4 is 5.82 Å². The van der Waals surface area contributed by atoms with E-state index in [9.17, 15) is 0 Å². The molecule has 84 valence electrons. The molecule has 0 aliphatic heterocycles. The van der Waals surface area contributed by atoms with Gasteiger partial charge in [-0.3, -0.25) is 0 Å². The van der Waals surface area contributed by atoms with Crippen LogP contribution < -0.4 is 11.1 Å². The number of rotatable bonds is 5. The van der Waals surface area contributed by atoms with Crippen molar-refractivity contribution in [2.45, 2.75) is 32.7 Å². The van der Waals surface area contributed by atoms with Gasteiger partial charge in [-0.05, 0) is 31.4 Å². The van der Waals surface area contributed by atoms with Crippen molar-refractivity contribution in [1.82, 2.24) is 10.2 Å². The van der Waals surface area contributed by atoms with Crippen LogP contribution in [0.25, 0.3) is 0 Å². The molecule has 15 heavy (non-hydrogen) atoms. The highest BCUT2D eigenvalue weighted by atomic mass is 15.2. The third-order valence-corrected chi connectivity index (χ3v) is 2.31. The van der Waals surface area contributed by atoms with Gasteiger partial charge >= 0.3 is 0 Å². The maximum absolute atomic E-state index is 5.79. The summed E-state index contributed by atoms with van der Waals surface area (Å²) in [5.41, 5.74) is 5.69. The molecule has 3 N–H and O–H groups in total. The van der Waals surface area contributed by atoms with Crippen molar-refractivity contribution in [1.29, 1.82) is 0 Å². The molecule has 0 aliphatic rings. The topological polar surface area (TPSA) is 63.8 Å². The summed E-state index contributed by atoms with van der Waals surface area (Å²) >= 11 is 0. The Balaban J connectivity index is 2.68. The van der Waals surface area contributed by atoms with Crippen LogP contribution in [0.4, 0.5) is 5.82 Å². The van der Waals surface area contributed by atoms with E-state index in [0.717, 1.165) is 12.2 Å². The summed E-state index contributed by atoms with van der Waals surface area (Å²) < 4.78 is 0. The normalized spacial score (nSPS) is 15.0. The van der Waals surface area contributed by atoms with E-state index in [1.54, 1.807) is 6.20 Å². The summed E-state index contributed by atoms with van der Waals surface area (Å²) in [6, 6.07) is 3.77. The van der Waals surface area contributed by atoms with Crippen molar-refractivity contribution < 1.29 is 0 Å². The maximum Gasteiger partial charge on any atom is 0.149 e. The zero-order chi connectivity index (χ0) is 11.3. The van der Waals surface area contributed by atoms with E-state index < -0.39 is 0 Å². The number of nitrogens with one attached hydrogen (secondary N) is 1. The second kappa shape index (κ2) is 5.07. The Kier molecular flexibility index (Phi) is 4.03. The van der Waals surface area contributed by atoms with Crippen molar-refractivity contribution in [3.8, 4) is 0 Å². The number of anilines is 1. The smallest absolute Gasteiger partial charge is 0.149 e. The van der Waals surface area contributed by atoms with E-state index in [1.165, 1.54) is 0 Å². The van der Waals surface area contributed by atoms with Gasteiger partial charge in [-0.15, -0.1) is 5.10 Å². The van der Waals surface area contributed by atoms with Crippen molar-refractivity contribution in [2.24, 2.45) is 11.7 Å². The summed E-state index contributed by atoms with van der Waals surface area (Å²) in [6.45, 7) is 7.07. The average molecular weight is 208 g/mol. The Bertz CT molecular complexity index is 286. The molecule has 0 saturated carbocycles. The Morgan fingerprint density at radius 1 is 1.53 bits per heavy atom. The minimum absolute atomic E-state index is 0.107. The Morgan fingerprint density at radius 3 is 2.73 bits per heavy atom. The van der Waals surface area contributed by atoms with E-state index in [-0.39, 0.29) is 5.54 Å². The van der Waals surface area contributed by atoms with Crippen LogP contribution >= 0.6 is 0 Å². The lowest BCUT2D eigenvalue weighted by atomic mass is 9.91. The molecule has 4 heteroatoms. The lowest BCUT2D eigenvalue weighted by Crippen LogP contribution is -2.43. The molecule has 0 radical (unpaired) electrons. The molecule has 1 rings (SSSR count). The van der Waals surface area contributed by atoms with Gasteiger partial charge in [0.2, 0.25) is 0 Å². The van der Waals surface area contributed by atoms with Gasteiger partial charge in [0, 0.05) is 18.3 Å². The monoisotopic (exact) mass is 208 g/mol. The van der Waals surface area contributed by atoms with Crippen molar-refractivity contribution in [3.05, 3.63) is 18.3 Å². The molecule has 0 aliphatic carbocycles. The van der Waals surface area contributed by atoms with E-state index in [1.807, 2.05) is 12.1 Å². The van der Waals surface area contributed by atoms with Gasteiger partial charge in [0.05, 0.1) is 0 Å². The first-order chi connectivity index (χ1) is 7.06. The molecule has 1 heterocycles. The Hall–Kier alpha value is -1.16. The standard InChI is InChI=1S/C11H20N4/c1-9(2)7-11(3,8-12)14-10-5-4-6-13-15-10/h4-6,9H,7-8,12H2,1-3H3,(H,14,15). The average Bonchev–Trinajstić information content (AvgIpc) is 2.18. The molecule has 1 unspecified atom stereocenters. The molecular weight excluding hydrogens is 188 g/mol. The van der Waals surface area contributed by atoms with Crippen LogP contribution in [0.1, 0.15) is 27.2 Å². The molecule has 0 spiro atoms. The van der Waals surface area contributed by atoms with E-state index in [2.05, 4.69) is 36.3 Å². The van der Waals surface area contributed by atoms with Gasteiger partial charge in [0.25, 0.3) is 0 Å². The second-order valence-corrected chi connectivity index (χ2v) is 4.60. The highest BCUT2D eigenvalue weighted by Crippen LogP contribution is 2.19. The fraction of sp³-hybridized carbons (Fsp3) is 0.636. The molecule has 0 aromatic carbocycles. The molecule has 0 fully saturated rings. The van der Waals surface area contributed by atoms with Gasteiger partial charge in [-0.2, -0.15) is 5.10 Å². The summed E-state index contributed by atoms with van der Waals surface area (Å²) in [7, 11) is 0. The molecule has 0 amide bonds. The quantitative estimate of drug-likeness (QED) is 0.772. The zero-order valence-electron chi connectivity index (χ0n) is 9.70. The van der Waals surface area contributed by atoms with E-state index >= 15 is 0 Å². The molecule has 0 saturated heterocycles. The molecule has 1 atom stereocenters. The number of nitrogens with zero attached hydrogens (tertiary/aromatic N) is 2. The molecule has 1 aromatic rings. The molecule has 4 nitrogen and oxygen atoms in total. The minimum atomic E-state index is -0.107. The number of aromatic nitrogens is 2.